The van der Waals surface area contributed by atoms with Crippen molar-refractivity contribution in [1.29, 1.82) is 0 Å². The second-order valence-electron chi connectivity index (χ2n) is 34.0. The van der Waals surface area contributed by atoms with Gasteiger partial charge in [0.2, 0.25) is 0 Å². The molecule has 0 heterocycles. The van der Waals surface area contributed by atoms with Crippen LogP contribution in [0.1, 0.15) is 253 Å². The molecule has 0 fully saturated rings. The third kappa shape index (κ3) is 26.4. The number of hydrogen-bond acceptors (Lipinski definition) is 0. The predicted molar refractivity (Wildman–Crippen MR) is 571 cm³/mol. The van der Waals surface area contributed by atoms with Crippen LogP contribution in [0.4, 0.5) is 0 Å². The van der Waals surface area contributed by atoms with E-state index in [-0.39, 0.29) is 150 Å². The van der Waals surface area contributed by atoms with Crippen LogP contribution in [-0.2, 0) is 64.2 Å². The SMILES string of the molecule is CCCCc1ccc([Se]c2c([Se]c3ccc(CCCC)cc3)c3c([Se]c4ccc(CCCC)cc4)c([Se]c4ccc(CCCC)cc4)c4c([Se]c5ccc(CCCC)cc5)c([Se]c5ccc(CCCC)cc5)c([Se]c5ccc(CCCC)cc5)c5c([Se]c6ccc(CCCC)cc6)c([Se]c6ccc(CCCC)cc6)c(c2[Se]c2ccc(CCCC)cc2)c3c45)cc1. The normalized spacial score (nSPS) is 11.7. The molecule has 0 bridgehead atoms. The van der Waals surface area contributed by atoms with Crippen LogP contribution in [-0.4, -0.2) is 150 Å². The molecule has 10 heteroatoms. The maximum atomic E-state index is 2.63. The quantitative estimate of drug-likeness (QED) is 0.0263. The molecule has 0 spiro atoms. The first-order valence-electron chi connectivity index (χ1n) is 47.7. The summed E-state index contributed by atoms with van der Waals surface area (Å²) in [4.78, 5) is 0. The van der Waals surface area contributed by atoms with E-state index in [1.54, 1.807) is 76.9 Å². The van der Waals surface area contributed by atoms with Gasteiger partial charge in [-0.15, -0.1) is 0 Å². The van der Waals surface area contributed by atoms with Gasteiger partial charge in [0, 0.05) is 0 Å². The van der Waals surface area contributed by atoms with E-state index in [0.29, 0.717) is 0 Å². The van der Waals surface area contributed by atoms with Crippen LogP contribution in [0, 0.1) is 0 Å². The minimum absolute atomic E-state index is 0.0728. The first kappa shape index (κ1) is 97.3. The first-order chi connectivity index (χ1) is 62.0. The van der Waals surface area contributed by atoms with Crippen molar-refractivity contribution < 1.29 is 0 Å². The van der Waals surface area contributed by atoms with Gasteiger partial charge in [0.1, 0.15) is 0 Å². The summed E-state index contributed by atoms with van der Waals surface area (Å²) in [6, 6.07) is 103. The van der Waals surface area contributed by atoms with E-state index in [2.05, 4.69) is 312 Å². The van der Waals surface area contributed by atoms with Crippen molar-refractivity contribution in [1.82, 2.24) is 0 Å². The van der Waals surface area contributed by atoms with Crippen LogP contribution in [0.2, 0.25) is 0 Å². The summed E-state index contributed by atoms with van der Waals surface area (Å²) < 4.78 is 31.8. The Labute approximate surface area is 821 Å². The van der Waals surface area contributed by atoms with E-state index >= 15 is 0 Å². The molecule has 0 atom stereocenters. The molecule has 126 heavy (non-hydrogen) atoms. The first-order valence-corrected chi connectivity index (χ1v) is 64.8. The molecule has 0 saturated carbocycles. The van der Waals surface area contributed by atoms with Gasteiger partial charge in [0.25, 0.3) is 0 Å². The van der Waals surface area contributed by atoms with Crippen molar-refractivity contribution in [3.8, 4) is 0 Å². The molecule has 14 aromatic carbocycles. The number of aryl methyl sites for hydroxylation is 10. The zero-order valence-corrected chi connectivity index (χ0v) is 93.5. The fourth-order valence-electron chi connectivity index (χ4n) is 16.4. The fraction of sp³-hybridized carbons (Fsp3) is 0.345. The van der Waals surface area contributed by atoms with Gasteiger partial charge < -0.3 is 0 Å². The zero-order valence-electron chi connectivity index (χ0n) is 76.4. The Kier molecular flexibility index (Phi) is 39.4. The summed E-state index contributed by atoms with van der Waals surface area (Å²) in [7, 11) is 0. The van der Waals surface area contributed by atoms with Gasteiger partial charge in [-0.3, -0.25) is 0 Å². The van der Waals surface area contributed by atoms with Gasteiger partial charge in [-0.25, -0.2) is 0 Å². The molecule has 0 aliphatic heterocycles. The van der Waals surface area contributed by atoms with Gasteiger partial charge in [-0.05, 0) is 0 Å². The number of benzene rings is 14. The molecule has 0 aliphatic carbocycles. The summed E-state index contributed by atoms with van der Waals surface area (Å²) in [5.74, 6) is 0. The molecule has 0 radical (unpaired) electrons. The summed E-state index contributed by atoms with van der Waals surface area (Å²) in [5.41, 5.74) is 14.7. The van der Waals surface area contributed by atoms with E-state index in [1.807, 2.05) is 0 Å². The van der Waals surface area contributed by atoms with Crippen LogP contribution in [0.3, 0.4) is 0 Å². The Balaban J connectivity index is 1.28. The van der Waals surface area contributed by atoms with E-state index in [9.17, 15) is 0 Å². The third-order valence-corrected chi connectivity index (χ3v) is 51.4. The Hall–Kier alpha value is -4.69. The minimum atomic E-state index is -0.117. The summed E-state index contributed by atoms with van der Waals surface area (Å²) in [6.45, 7) is 23.6. The Morgan fingerprint density at radius 3 is 0.317 bits per heavy atom. The topological polar surface area (TPSA) is 0 Å². The number of hydrogen-bond donors (Lipinski definition) is 0. The summed E-state index contributed by atoms with van der Waals surface area (Å²) in [5, 5.41) is 9.80. The monoisotopic (exact) mass is 2320 g/mol. The molecule has 0 amide bonds. The van der Waals surface area contributed by atoms with Crippen molar-refractivity contribution >= 4 is 271 Å². The van der Waals surface area contributed by atoms with Crippen molar-refractivity contribution in [3.05, 3.63) is 298 Å². The average Bonchev–Trinajstić information content (AvgIpc) is 0.674. The second-order valence-corrected chi connectivity index (χ2v) is 56.8. The third-order valence-electron chi connectivity index (χ3n) is 23.9. The van der Waals surface area contributed by atoms with Crippen LogP contribution in [0.5, 0.6) is 0 Å². The molecule has 14 rings (SSSR count). The van der Waals surface area contributed by atoms with Crippen molar-refractivity contribution in [3.63, 3.8) is 0 Å². The molecular formula is C116H130Se10. The van der Waals surface area contributed by atoms with E-state index in [4.69, 9.17) is 0 Å². The van der Waals surface area contributed by atoms with Gasteiger partial charge in [0.05, 0.1) is 0 Å². The van der Waals surface area contributed by atoms with Crippen LogP contribution in [0.25, 0.3) is 32.3 Å². The van der Waals surface area contributed by atoms with Gasteiger partial charge in [-0.2, -0.15) is 0 Å². The van der Waals surface area contributed by atoms with Crippen LogP contribution < -0.4 is 89.2 Å². The van der Waals surface area contributed by atoms with E-state index < -0.39 is 0 Å². The van der Waals surface area contributed by atoms with Crippen molar-refractivity contribution in [2.45, 2.75) is 262 Å². The van der Waals surface area contributed by atoms with Crippen LogP contribution in [0.15, 0.2) is 243 Å². The summed E-state index contributed by atoms with van der Waals surface area (Å²) >= 11 is -1.000. The molecule has 14 aromatic rings. The Bertz CT molecular complexity index is 5050. The van der Waals surface area contributed by atoms with Crippen LogP contribution >= 0.6 is 0 Å². The fourth-order valence-corrected chi connectivity index (χ4v) is 44.5. The Morgan fingerprint density at radius 1 is 0.119 bits per heavy atom. The molecule has 0 aliphatic rings. The molecular weight excluding hydrogens is 2180 g/mol. The number of unbranched alkanes of at least 4 members (excludes halogenated alkanes) is 10. The van der Waals surface area contributed by atoms with Gasteiger partial charge >= 0.3 is 831 Å². The standard InChI is InChI=1S/C116H130Se10/c1-11-21-31-81-41-61-91(62-42-81)117-107-103-101-102-104(108(107)118-92-63-43-82(44-64-92)32-22-12-2)112(122-96-71-51-86(52-72-96)36-26-16-6)116(126-100-79-59-90(60-80-100)40-30-20-10)114(124-98-75-55-88(56-76-98)38-28-18-8)106(102)110(120-94-67-47-84(48-68-94)34-24-14-4)109(119-93-65-45-83(46-66-93)33-23-13-3)105(101)113(123-97-73-53-87(54-74-97)37-27-17-7)115(125-99-77-57-89(58-78-99)39-29-19-9)111(103)121-95-69-49-85(50-70-95)35-25-15-5/h41-80H,11-40H2,1-10H3. The zero-order chi connectivity index (χ0) is 87.4. The molecule has 0 aromatic heterocycles. The molecule has 0 nitrogen and oxygen atoms in total. The molecule has 654 valence electrons. The van der Waals surface area contributed by atoms with Crippen molar-refractivity contribution in [2.24, 2.45) is 0 Å². The van der Waals surface area contributed by atoms with Gasteiger partial charge in [-0.1, -0.05) is 0 Å². The molecule has 0 N–H and O–H groups in total. The van der Waals surface area contributed by atoms with Crippen molar-refractivity contribution in [2.75, 3.05) is 0 Å². The van der Waals surface area contributed by atoms with Gasteiger partial charge in [0.15, 0.2) is 0 Å². The van der Waals surface area contributed by atoms with E-state index in [0.717, 1.165) is 64.2 Å². The number of rotatable bonds is 50. The van der Waals surface area contributed by atoms with E-state index in [1.165, 1.54) is 229 Å². The molecule has 0 saturated heterocycles. The molecule has 0 unspecified atom stereocenters. The maximum absolute atomic E-state index is 2.63. The average molecular weight is 2310 g/mol. The Morgan fingerprint density at radius 2 is 0.214 bits per heavy atom. The summed E-state index contributed by atoms with van der Waals surface area (Å²) in [6.07, 6.45) is 35.3. The second kappa shape index (κ2) is 51.0. The predicted octanol–water partition coefficient (Wildman–Crippen LogP) is 14.6.